The smallest absolute Gasteiger partial charge is 0.407 e. The fourth-order valence-corrected chi connectivity index (χ4v) is 8.48. The van der Waals surface area contributed by atoms with Crippen LogP contribution < -0.4 is 11.5 Å². The molecule has 2 heterocycles. The Kier molecular flexibility index (Phi) is 13.1. The van der Waals surface area contributed by atoms with Crippen molar-refractivity contribution in [1.82, 2.24) is 24.5 Å². The van der Waals surface area contributed by atoms with Crippen molar-refractivity contribution in [2.45, 2.75) is 96.6 Å². The van der Waals surface area contributed by atoms with Crippen molar-refractivity contribution < 1.29 is 43.8 Å². The number of benzene rings is 2. The number of likely N-dealkylation sites (tertiary alicyclic amines) is 2. The Bertz CT molecular complexity index is 1710. The molecular formula is C40H55N7O9. The third-order valence-electron chi connectivity index (χ3n) is 11.4. The number of carboxylic acid groups (broad SMARTS) is 2. The van der Waals surface area contributed by atoms with E-state index in [0.29, 0.717) is 24.0 Å². The molecule has 16 heteroatoms. The SMILES string of the molecule is CC(=O)N(Cc1ccc([C@]2(C(N)=O)CCCN2C(=O)[C@H](C(C)C)N(C)C(=O)O)cc1)Cc1ccc([C@]2(C(N)=O)CCCN2C(=O)[C@H](C(C)C)N(C)C(=O)O)cc1. The van der Waals surface area contributed by atoms with Gasteiger partial charge in [-0.1, -0.05) is 76.2 Å². The monoisotopic (exact) mass is 777 g/mol. The molecule has 0 radical (unpaired) electrons. The minimum Gasteiger partial charge on any atom is -0.465 e. The average Bonchev–Trinajstić information content (AvgIpc) is 3.79. The number of hydrogen-bond donors (Lipinski definition) is 4. The molecule has 6 N–H and O–H groups in total. The molecule has 2 aliphatic rings. The van der Waals surface area contributed by atoms with Crippen LogP contribution in [-0.4, -0.2) is 116 Å². The summed E-state index contributed by atoms with van der Waals surface area (Å²) in [5.41, 5.74) is 11.5. The number of rotatable bonds is 14. The highest BCUT2D eigenvalue weighted by Crippen LogP contribution is 2.42. The topological polar surface area (TPSA) is 228 Å². The van der Waals surface area contributed by atoms with Gasteiger partial charge in [-0.05, 0) is 59.8 Å². The highest BCUT2D eigenvalue weighted by molar-refractivity contribution is 5.96. The van der Waals surface area contributed by atoms with Crippen molar-refractivity contribution in [3.8, 4) is 0 Å². The lowest BCUT2D eigenvalue weighted by Crippen LogP contribution is -2.59. The molecule has 0 spiro atoms. The lowest BCUT2D eigenvalue weighted by molar-refractivity contribution is -0.148. The molecule has 0 bridgehead atoms. The van der Waals surface area contributed by atoms with Crippen molar-refractivity contribution in [2.75, 3.05) is 27.2 Å². The molecule has 4 rings (SSSR count). The van der Waals surface area contributed by atoms with E-state index in [9.17, 15) is 43.8 Å². The summed E-state index contributed by atoms with van der Waals surface area (Å²) in [6, 6.07) is 11.8. The minimum absolute atomic E-state index is 0.198. The quantitative estimate of drug-likeness (QED) is 0.221. The van der Waals surface area contributed by atoms with E-state index >= 15 is 0 Å². The summed E-state index contributed by atoms with van der Waals surface area (Å²) in [5.74, 6) is -3.40. The molecular weight excluding hydrogens is 722 g/mol. The second kappa shape index (κ2) is 17.0. The van der Waals surface area contributed by atoms with E-state index in [2.05, 4.69) is 0 Å². The summed E-state index contributed by atoms with van der Waals surface area (Å²) in [4.78, 5) is 97.0. The first kappa shape index (κ1) is 43.1. The lowest BCUT2D eigenvalue weighted by Gasteiger charge is -2.40. The van der Waals surface area contributed by atoms with Crippen LogP contribution in [0.25, 0.3) is 0 Å². The molecule has 4 atom stereocenters. The van der Waals surface area contributed by atoms with Gasteiger partial charge in [-0.25, -0.2) is 9.59 Å². The molecule has 2 aromatic carbocycles. The second-order valence-electron chi connectivity index (χ2n) is 15.6. The number of likely N-dealkylation sites (N-methyl/N-ethyl adjacent to an activating group) is 2. The van der Waals surface area contributed by atoms with E-state index in [1.165, 1.54) is 30.8 Å². The number of primary amides is 2. The molecule has 304 valence electrons. The lowest BCUT2D eigenvalue weighted by atomic mass is 9.84. The van der Waals surface area contributed by atoms with Crippen LogP contribution in [0.5, 0.6) is 0 Å². The van der Waals surface area contributed by atoms with Gasteiger partial charge >= 0.3 is 12.2 Å². The molecule has 16 nitrogen and oxygen atoms in total. The zero-order chi connectivity index (χ0) is 41.9. The van der Waals surface area contributed by atoms with Gasteiger partial charge < -0.3 is 36.4 Å². The van der Waals surface area contributed by atoms with E-state index in [1.807, 2.05) is 0 Å². The predicted octanol–water partition coefficient (Wildman–Crippen LogP) is 3.11. The molecule has 2 aromatic rings. The summed E-state index contributed by atoms with van der Waals surface area (Å²) in [7, 11) is 2.65. The van der Waals surface area contributed by atoms with Crippen LogP contribution >= 0.6 is 0 Å². The van der Waals surface area contributed by atoms with Crippen LogP contribution in [0.1, 0.15) is 82.6 Å². The summed E-state index contributed by atoms with van der Waals surface area (Å²) < 4.78 is 0. The third-order valence-corrected chi connectivity index (χ3v) is 11.4. The van der Waals surface area contributed by atoms with E-state index in [0.717, 1.165) is 20.9 Å². The van der Waals surface area contributed by atoms with Crippen molar-refractivity contribution >= 4 is 41.7 Å². The van der Waals surface area contributed by atoms with Crippen molar-refractivity contribution in [2.24, 2.45) is 23.3 Å². The summed E-state index contributed by atoms with van der Waals surface area (Å²) in [5, 5.41) is 19.3. The van der Waals surface area contributed by atoms with Crippen LogP contribution in [0.3, 0.4) is 0 Å². The van der Waals surface area contributed by atoms with Crippen molar-refractivity contribution in [3.63, 3.8) is 0 Å². The fraction of sp³-hybridized carbons (Fsp3) is 0.525. The Balaban J connectivity index is 1.57. The summed E-state index contributed by atoms with van der Waals surface area (Å²) in [6.07, 6.45) is -1.01. The summed E-state index contributed by atoms with van der Waals surface area (Å²) >= 11 is 0. The maximum Gasteiger partial charge on any atom is 0.407 e. The number of carbonyl (C=O) groups excluding carboxylic acids is 5. The minimum atomic E-state index is -1.48. The van der Waals surface area contributed by atoms with Gasteiger partial charge in [0.2, 0.25) is 29.5 Å². The van der Waals surface area contributed by atoms with Crippen molar-refractivity contribution in [1.29, 1.82) is 0 Å². The summed E-state index contributed by atoms with van der Waals surface area (Å²) in [6.45, 7) is 9.26. The molecule has 7 amide bonds. The maximum atomic E-state index is 13.9. The van der Waals surface area contributed by atoms with E-state index < -0.39 is 59.0 Å². The van der Waals surface area contributed by atoms with Crippen LogP contribution in [0.2, 0.25) is 0 Å². The highest BCUT2D eigenvalue weighted by atomic mass is 16.4. The Morgan fingerprint density at radius 2 is 0.964 bits per heavy atom. The Morgan fingerprint density at radius 1 is 0.643 bits per heavy atom. The van der Waals surface area contributed by atoms with Gasteiger partial charge in [0.05, 0.1) is 0 Å². The number of nitrogens with zero attached hydrogens (tertiary/aromatic N) is 5. The maximum absolute atomic E-state index is 13.9. The first-order valence-corrected chi connectivity index (χ1v) is 18.8. The number of hydrogen-bond acceptors (Lipinski definition) is 7. The first-order valence-electron chi connectivity index (χ1n) is 18.8. The number of carbonyl (C=O) groups is 7. The normalized spacial score (nSPS) is 20.4. The predicted molar refractivity (Wildman–Crippen MR) is 205 cm³/mol. The Hall–Kier alpha value is -5.67. The molecule has 2 saturated heterocycles. The zero-order valence-electron chi connectivity index (χ0n) is 33.2. The van der Waals surface area contributed by atoms with Gasteiger partial charge in [-0.15, -0.1) is 0 Å². The van der Waals surface area contributed by atoms with Gasteiger partial charge in [-0.2, -0.15) is 0 Å². The third kappa shape index (κ3) is 8.00. The molecule has 0 unspecified atom stereocenters. The van der Waals surface area contributed by atoms with Crippen LogP contribution in [0, 0.1) is 11.8 Å². The van der Waals surface area contributed by atoms with E-state index in [4.69, 9.17) is 11.5 Å². The van der Waals surface area contributed by atoms with Gasteiger partial charge in [-0.3, -0.25) is 33.8 Å². The number of nitrogens with two attached hydrogens (primary N) is 2. The fourth-order valence-electron chi connectivity index (χ4n) is 8.48. The molecule has 0 aliphatic carbocycles. The van der Waals surface area contributed by atoms with Gasteiger partial charge in [0.15, 0.2) is 0 Å². The number of amides is 7. The van der Waals surface area contributed by atoms with Gasteiger partial charge in [0.25, 0.3) is 0 Å². The highest BCUT2D eigenvalue weighted by Gasteiger charge is 2.53. The van der Waals surface area contributed by atoms with Gasteiger partial charge in [0.1, 0.15) is 23.2 Å². The van der Waals surface area contributed by atoms with E-state index in [1.54, 1.807) is 81.1 Å². The van der Waals surface area contributed by atoms with Crippen molar-refractivity contribution in [3.05, 3.63) is 70.8 Å². The average molecular weight is 778 g/mol. The molecule has 0 saturated carbocycles. The zero-order valence-corrected chi connectivity index (χ0v) is 33.2. The molecule has 2 aliphatic heterocycles. The standard InChI is InChI=1S/C40H55N7O9/c1-24(2)31(43(6)37(53)54)33(49)46-20-8-18-39(46,35(41)51)29-14-10-27(11-15-29)22-45(26(5)48)23-28-12-16-30(17-13-28)40(36(42)52)19-9-21-47(40)34(50)32(25(3)4)44(7)38(55)56/h10-17,24-25,31-32H,8-9,18-23H2,1-7H3,(H2,41,51)(H2,42,52)(H,53,54)(H,55,56)/t31-,32-,39-,40-/m0/s1. The second-order valence-corrected chi connectivity index (χ2v) is 15.6. The van der Waals surface area contributed by atoms with Crippen LogP contribution in [0.4, 0.5) is 9.59 Å². The molecule has 0 aromatic heterocycles. The Morgan fingerprint density at radius 3 is 1.21 bits per heavy atom. The van der Waals surface area contributed by atoms with E-state index in [-0.39, 0.29) is 56.8 Å². The molecule has 56 heavy (non-hydrogen) atoms. The first-order chi connectivity index (χ1) is 26.2. The van der Waals surface area contributed by atoms with Crippen LogP contribution in [0.15, 0.2) is 48.5 Å². The largest absolute Gasteiger partial charge is 0.465 e. The van der Waals surface area contributed by atoms with Crippen LogP contribution in [-0.2, 0) is 48.1 Å². The molecule has 2 fully saturated rings. The van der Waals surface area contributed by atoms with Gasteiger partial charge in [0, 0.05) is 47.2 Å². The Labute approximate surface area is 327 Å².